The van der Waals surface area contributed by atoms with E-state index in [0.717, 1.165) is 16.9 Å². The zero-order valence-corrected chi connectivity index (χ0v) is 11.1. The van der Waals surface area contributed by atoms with Crippen molar-refractivity contribution in [2.45, 2.75) is 6.92 Å². The van der Waals surface area contributed by atoms with E-state index in [9.17, 15) is 0 Å². The Morgan fingerprint density at radius 3 is 2.44 bits per heavy atom. The summed E-state index contributed by atoms with van der Waals surface area (Å²) in [6.07, 6.45) is 0. The molecule has 0 radical (unpaired) electrons. The number of anilines is 1. The number of hydrogen-bond donors (Lipinski definition) is 0. The molecule has 0 aromatic heterocycles. The molecular weight excluding hydrogens is 246 g/mol. The quantitative estimate of drug-likeness (QED) is 0.576. The standard InChI is InChI=1S/C14H14ClN3/c1-11-10-12(15)8-9-14(11)16-17-18(2)13-6-4-3-5-7-13/h3-10H,1-2H3. The summed E-state index contributed by atoms with van der Waals surface area (Å²) in [6, 6.07) is 15.4. The molecule has 0 amide bonds. The van der Waals surface area contributed by atoms with E-state index in [0.29, 0.717) is 5.02 Å². The Labute approximate surface area is 112 Å². The van der Waals surface area contributed by atoms with Crippen LogP contribution in [0.4, 0.5) is 11.4 Å². The summed E-state index contributed by atoms with van der Waals surface area (Å²) in [7, 11) is 1.87. The molecular formula is C14H14ClN3. The summed E-state index contributed by atoms with van der Waals surface area (Å²) in [5, 5.41) is 10.8. The predicted octanol–water partition coefficient (Wildman–Crippen LogP) is 4.78. The van der Waals surface area contributed by atoms with Crippen LogP contribution in [0.25, 0.3) is 0 Å². The molecule has 0 saturated heterocycles. The van der Waals surface area contributed by atoms with Gasteiger partial charge < -0.3 is 0 Å². The fourth-order valence-electron chi connectivity index (χ4n) is 1.54. The van der Waals surface area contributed by atoms with Crippen molar-refractivity contribution >= 4 is 23.0 Å². The van der Waals surface area contributed by atoms with E-state index in [-0.39, 0.29) is 0 Å². The number of nitrogens with zero attached hydrogens (tertiary/aromatic N) is 3. The number of halogens is 1. The van der Waals surface area contributed by atoms with Crippen LogP contribution in [0.2, 0.25) is 5.02 Å². The second kappa shape index (κ2) is 5.65. The molecule has 0 atom stereocenters. The van der Waals surface area contributed by atoms with Gasteiger partial charge in [-0.15, -0.1) is 5.11 Å². The van der Waals surface area contributed by atoms with Crippen LogP contribution in [0, 0.1) is 6.92 Å². The van der Waals surface area contributed by atoms with E-state index in [4.69, 9.17) is 11.6 Å². The molecule has 4 heteroatoms. The number of benzene rings is 2. The van der Waals surface area contributed by atoms with Gasteiger partial charge in [-0.25, -0.2) is 5.01 Å². The molecule has 0 spiro atoms. The molecule has 2 aromatic rings. The Kier molecular flexibility index (Phi) is 3.95. The summed E-state index contributed by atoms with van der Waals surface area (Å²) < 4.78 is 0. The highest BCUT2D eigenvalue weighted by atomic mass is 35.5. The van der Waals surface area contributed by atoms with Crippen LogP contribution in [0.3, 0.4) is 0 Å². The van der Waals surface area contributed by atoms with E-state index < -0.39 is 0 Å². The molecule has 0 aliphatic heterocycles. The molecule has 2 rings (SSSR count). The zero-order chi connectivity index (χ0) is 13.0. The Balaban J connectivity index is 2.16. The molecule has 0 heterocycles. The van der Waals surface area contributed by atoms with Crippen LogP contribution in [0.1, 0.15) is 5.56 Å². The van der Waals surface area contributed by atoms with Crippen LogP contribution in [-0.4, -0.2) is 7.05 Å². The average Bonchev–Trinajstić information content (AvgIpc) is 2.38. The van der Waals surface area contributed by atoms with Gasteiger partial charge in [-0.05, 0) is 42.8 Å². The maximum absolute atomic E-state index is 5.89. The second-order valence-electron chi connectivity index (χ2n) is 3.98. The number of para-hydroxylation sites is 1. The first-order valence-electron chi connectivity index (χ1n) is 5.63. The molecule has 0 unspecified atom stereocenters. The van der Waals surface area contributed by atoms with Gasteiger partial charge in [0.15, 0.2) is 0 Å². The minimum absolute atomic E-state index is 0.711. The third-order valence-electron chi connectivity index (χ3n) is 2.58. The van der Waals surface area contributed by atoms with Gasteiger partial charge in [-0.2, -0.15) is 0 Å². The molecule has 18 heavy (non-hydrogen) atoms. The molecule has 2 aromatic carbocycles. The van der Waals surface area contributed by atoms with Gasteiger partial charge in [0.2, 0.25) is 0 Å². The van der Waals surface area contributed by atoms with Crippen molar-refractivity contribution < 1.29 is 0 Å². The van der Waals surface area contributed by atoms with Crippen LogP contribution in [0.5, 0.6) is 0 Å². The van der Waals surface area contributed by atoms with Crippen LogP contribution < -0.4 is 5.01 Å². The van der Waals surface area contributed by atoms with Gasteiger partial charge in [-0.1, -0.05) is 35.0 Å². The molecule has 3 nitrogen and oxygen atoms in total. The fourth-order valence-corrected chi connectivity index (χ4v) is 1.77. The Morgan fingerprint density at radius 2 is 1.78 bits per heavy atom. The SMILES string of the molecule is Cc1cc(Cl)ccc1N=NN(C)c1ccccc1. The van der Waals surface area contributed by atoms with Crippen LogP contribution in [0.15, 0.2) is 58.9 Å². The van der Waals surface area contributed by atoms with E-state index >= 15 is 0 Å². The normalized spacial score (nSPS) is 10.8. The van der Waals surface area contributed by atoms with Crippen molar-refractivity contribution in [2.75, 3.05) is 12.1 Å². The van der Waals surface area contributed by atoms with Crippen molar-refractivity contribution in [2.24, 2.45) is 10.3 Å². The third kappa shape index (κ3) is 3.08. The minimum atomic E-state index is 0.711. The summed E-state index contributed by atoms with van der Waals surface area (Å²) in [6.45, 7) is 1.96. The highest BCUT2D eigenvalue weighted by molar-refractivity contribution is 6.30. The Hall–Kier alpha value is -1.87. The first-order valence-corrected chi connectivity index (χ1v) is 6.01. The predicted molar refractivity (Wildman–Crippen MR) is 75.6 cm³/mol. The third-order valence-corrected chi connectivity index (χ3v) is 2.81. The minimum Gasteiger partial charge on any atom is -0.250 e. The smallest absolute Gasteiger partial charge is 0.0904 e. The van der Waals surface area contributed by atoms with Gasteiger partial charge in [0.1, 0.15) is 0 Å². The molecule has 0 saturated carbocycles. The summed E-state index contributed by atoms with van der Waals surface area (Å²) in [4.78, 5) is 0. The van der Waals surface area contributed by atoms with Crippen molar-refractivity contribution in [1.29, 1.82) is 0 Å². The van der Waals surface area contributed by atoms with Gasteiger partial charge in [-0.3, -0.25) is 0 Å². The van der Waals surface area contributed by atoms with E-state index in [1.165, 1.54) is 0 Å². The maximum Gasteiger partial charge on any atom is 0.0904 e. The largest absolute Gasteiger partial charge is 0.250 e. The lowest BCUT2D eigenvalue weighted by molar-refractivity contribution is 0.922. The lowest BCUT2D eigenvalue weighted by Gasteiger charge is -2.10. The Morgan fingerprint density at radius 1 is 1.06 bits per heavy atom. The van der Waals surface area contributed by atoms with Crippen LogP contribution in [-0.2, 0) is 0 Å². The van der Waals surface area contributed by atoms with Gasteiger partial charge in [0.05, 0.1) is 11.4 Å². The first-order chi connectivity index (χ1) is 8.66. The van der Waals surface area contributed by atoms with Gasteiger partial charge in [0, 0.05) is 12.1 Å². The lowest BCUT2D eigenvalue weighted by Crippen LogP contribution is -2.06. The Bertz CT molecular complexity index is 552. The fraction of sp³-hybridized carbons (Fsp3) is 0.143. The van der Waals surface area contributed by atoms with Crippen molar-refractivity contribution in [3.05, 3.63) is 59.1 Å². The second-order valence-corrected chi connectivity index (χ2v) is 4.42. The summed E-state index contributed by atoms with van der Waals surface area (Å²) in [5.41, 5.74) is 2.82. The average molecular weight is 260 g/mol. The molecule has 0 fully saturated rings. The summed E-state index contributed by atoms with van der Waals surface area (Å²) in [5.74, 6) is 0. The first kappa shape index (κ1) is 12.6. The highest BCUT2D eigenvalue weighted by Crippen LogP contribution is 2.23. The van der Waals surface area contributed by atoms with E-state index in [1.54, 1.807) is 5.01 Å². The van der Waals surface area contributed by atoms with Crippen LogP contribution >= 0.6 is 11.6 Å². The van der Waals surface area contributed by atoms with Crippen molar-refractivity contribution in [3.8, 4) is 0 Å². The molecule has 0 aliphatic rings. The lowest BCUT2D eigenvalue weighted by atomic mass is 10.2. The molecule has 92 valence electrons. The topological polar surface area (TPSA) is 28.0 Å². The van der Waals surface area contributed by atoms with Gasteiger partial charge in [0.25, 0.3) is 0 Å². The monoisotopic (exact) mass is 259 g/mol. The highest BCUT2D eigenvalue weighted by Gasteiger charge is 1.99. The summed E-state index contributed by atoms with van der Waals surface area (Å²) >= 11 is 5.89. The van der Waals surface area contributed by atoms with Crippen molar-refractivity contribution in [1.82, 2.24) is 0 Å². The van der Waals surface area contributed by atoms with E-state index in [2.05, 4.69) is 10.3 Å². The maximum atomic E-state index is 5.89. The molecule has 0 bridgehead atoms. The number of rotatable bonds is 3. The van der Waals surface area contributed by atoms with E-state index in [1.807, 2.05) is 62.5 Å². The number of aryl methyl sites for hydroxylation is 1. The number of hydrogen-bond acceptors (Lipinski definition) is 2. The zero-order valence-electron chi connectivity index (χ0n) is 10.3. The van der Waals surface area contributed by atoms with Gasteiger partial charge >= 0.3 is 0 Å². The molecule has 0 aliphatic carbocycles. The molecule has 0 N–H and O–H groups in total. The van der Waals surface area contributed by atoms with Crippen molar-refractivity contribution in [3.63, 3.8) is 0 Å².